The molecule has 0 radical (unpaired) electrons. The Morgan fingerprint density at radius 1 is 1.38 bits per heavy atom. The minimum Gasteiger partial charge on any atom is -0.327 e. The molecular formula is C13H27N3. The van der Waals surface area contributed by atoms with Gasteiger partial charge in [-0.3, -0.25) is 4.90 Å². The molecule has 0 aromatic carbocycles. The van der Waals surface area contributed by atoms with Gasteiger partial charge in [-0.2, -0.15) is 0 Å². The van der Waals surface area contributed by atoms with Crippen LogP contribution in [0.15, 0.2) is 0 Å². The fourth-order valence-electron chi connectivity index (χ4n) is 3.33. The summed E-state index contributed by atoms with van der Waals surface area (Å²) in [6.45, 7) is 9.54. The van der Waals surface area contributed by atoms with Crippen LogP contribution in [0.3, 0.4) is 0 Å². The van der Waals surface area contributed by atoms with E-state index in [1.165, 1.54) is 45.4 Å². The van der Waals surface area contributed by atoms with Crippen molar-refractivity contribution in [2.24, 2.45) is 11.1 Å². The molecule has 1 saturated carbocycles. The number of rotatable bonds is 2. The van der Waals surface area contributed by atoms with E-state index in [4.69, 9.17) is 5.73 Å². The first-order chi connectivity index (χ1) is 7.51. The van der Waals surface area contributed by atoms with E-state index in [1.807, 2.05) is 0 Å². The van der Waals surface area contributed by atoms with Crippen molar-refractivity contribution in [2.45, 2.75) is 45.2 Å². The fourth-order valence-corrected chi connectivity index (χ4v) is 3.33. The monoisotopic (exact) mass is 225 g/mol. The Kier molecular flexibility index (Phi) is 3.57. The Morgan fingerprint density at radius 3 is 2.69 bits per heavy atom. The number of likely N-dealkylation sites (N-methyl/N-ethyl adjacent to an activating group) is 1. The summed E-state index contributed by atoms with van der Waals surface area (Å²) >= 11 is 0. The molecule has 0 aromatic heterocycles. The lowest BCUT2D eigenvalue weighted by molar-refractivity contribution is 0.0566. The number of nitrogens with zero attached hydrogens (tertiary/aromatic N) is 2. The van der Waals surface area contributed by atoms with E-state index in [2.05, 4.69) is 30.7 Å². The first-order valence-corrected chi connectivity index (χ1v) is 6.69. The lowest BCUT2D eigenvalue weighted by Crippen LogP contribution is -2.55. The van der Waals surface area contributed by atoms with Crippen LogP contribution in [0, 0.1) is 5.41 Å². The second-order valence-electron chi connectivity index (χ2n) is 6.23. The zero-order valence-corrected chi connectivity index (χ0v) is 11.1. The minimum absolute atomic E-state index is 0.365. The number of piperazine rings is 1. The summed E-state index contributed by atoms with van der Waals surface area (Å²) in [7, 11) is 2.22. The molecule has 2 rings (SSSR count). The van der Waals surface area contributed by atoms with Crippen LogP contribution in [0.25, 0.3) is 0 Å². The molecule has 1 saturated heterocycles. The van der Waals surface area contributed by atoms with Gasteiger partial charge in [0.05, 0.1) is 0 Å². The fraction of sp³-hybridized carbons (Fsp3) is 1.00. The van der Waals surface area contributed by atoms with E-state index < -0.39 is 0 Å². The maximum atomic E-state index is 6.27. The first-order valence-electron chi connectivity index (χ1n) is 6.69. The molecule has 1 heterocycles. The van der Waals surface area contributed by atoms with Crippen molar-refractivity contribution in [3.05, 3.63) is 0 Å². The molecule has 0 amide bonds. The van der Waals surface area contributed by atoms with Gasteiger partial charge in [0, 0.05) is 38.3 Å². The van der Waals surface area contributed by atoms with Gasteiger partial charge in [-0.25, -0.2) is 0 Å². The summed E-state index contributed by atoms with van der Waals surface area (Å²) in [6, 6.07) is 1.10. The third-order valence-electron chi connectivity index (χ3n) is 4.69. The summed E-state index contributed by atoms with van der Waals surface area (Å²) < 4.78 is 0. The molecule has 0 spiro atoms. The predicted molar refractivity (Wildman–Crippen MR) is 68.5 cm³/mol. The molecule has 3 unspecified atom stereocenters. The van der Waals surface area contributed by atoms with Crippen LogP contribution in [-0.2, 0) is 0 Å². The topological polar surface area (TPSA) is 32.5 Å². The van der Waals surface area contributed by atoms with Crippen LogP contribution in [0.5, 0.6) is 0 Å². The molecule has 0 aromatic rings. The average molecular weight is 225 g/mol. The molecule has 1 aliphatic heterocycles. The Bertz CT molecular complexity index is 243. The highest BCUT2D eigenvalue weighted by molar-refractivity contribution is 4.95. The van der Waals surface area contributed by atoms with Crippen molar-refractivity contribution in [1.29, 1.82) is 0 Å². The maximum absolute atomic E-state index is 6.27. The Balaban J connectivity index is 1.94. The second kappa shape index (κ2) is 4.63. The second-order valence-corrected chi connectivity index (χ2v) is 6.23. The lowest BCUT2D eigenvalue weighted by Gasteiger charge is -2.43. The van der Waals surface area contributed by atoms with Gasteiger partial charge in [0.25, 0.3) is 0 Å². The number of hydrogen-bond donors (Lipinski definition) is 1. The van der Waals surface area contributed by atoms with Gasteiger partial charge in [0.1, 0.15) is 0 Å². The molecule has 2 N–H and O–H groups in total. The highest BCUT2D eigenvalue weighted by Gasteiger charge is 2.39. The van der Waals surface area contributed by atoms with Gasteiger partial charge in [0.15, 0.2) is 0 Å². The van der Waals surface area contributed by atoms with Crippen LogP contribution in [0.1, 0.15) is 33.1 Å². The van der Waals surface area contributed by atoms with E-state index in [9.17, 15) is 0 Å². The summed E-state index contributed by atoms with van der Waals surface area (Å²) in [4.78, 5) is 5.07. The third kappa shape index (κ3) is 2.41. The van der Waals surface area contributed by atoms with E-state index in [0.717, 1.165) is 0 Å². The minimum atomic E-state index is 0.365. The average Bonchev–Trinajstić information content (AvgIpc) is 2.52. The van der Waals surface area contributed by atoms with Gasteiger partial charge in [-0.15, -0.1) is 0 Å². The first kappa shape index (κ1) is 12.3. The molecule has 0 bridgehead atoms. The summed E-state index contributed by atoms with van der Waals surface area (Å²) in [5.41, 5.74) is 6.63. The molecule has 2 aliphatic rings. The molecule has 16 heavy (non-hydrogen) atoms. The van der Waals surface area contributed by atoms with Crippen molar-refractivity contribution in [3.8, 4) is 0 Å². The predicted octanol–water partition coefficient (Wildman–Crippen LogP) is 1.14. The van der Waals surface area contributed by atoms with Crippen LogP contribution < -0.4 is 5.73 Å². The molecule has 3 heteroatoms. The SMILES string of the molecule is CC1CN(C)CCN1CC1(C)CCCC1N. The van der Waals surface area contributed by atoms with E-state index in [0.29, 0.717) is 17.5 Å². The van der Waals surface area contributed by atoms with Crippen LogP contribution in [0.4, 0.5) is 0 Å². The van der Waals surface area contributed by atoms with Gasteiger partial charge >= 0.3 is 0 Å². The molecule has 3 atom stereocenters. The Hall–Kier alpha value is -0.120. The molecule has 2 fully saturated rings. The zero-order valence-electron chi connectivity index (χ0n) is 11.1. The van der Waals surface area contributed by atoms with Crippen molar-refractivity contribution < 1.29 is 0 Å². The van der Waals surface area contributed by atoms with Gasteiger partial charge in [-0.05, 0) is 32.2 Å². The number of nitrogens with two attached hydrogens (primary N) is 1. The van der Waals surface area contributed by atoms with E-state index in [1.54, 1.807) is 0 Å². The van der Waals surface area contributed by atoms with Gasteiger partial charge in [0.2, 0.25) is 0 Å². The number of hydrogen-bond acceptors (Lipinski definition) is 3. The van der Waals surface area contributed by atoms with Crippen LogP contribution in [0.2, 0.25) is 0 Å². The van der Waals surface area contributed by atoms with Crippen molar-refractivity contribution in [3.63, 3.8) is 0 Å². The summed E-state index contributed by atoms with van der Waals surface area (Å²) in [5, 5.41) is 0. The highest BCUT2D eigenvalue weighted by Crippen LogP contribution is 2.37. The van der Waals surface area contributed by atoms with Crippen LogP contribution >= 0.6 is 0 Å². The Morgan fingerprint density at radius 2 is 2.12 bits per heavy atom. The molecule has 3 nitrogen and oxygen atoms in total. The van der Waals surface area contributed by atoms with Crippen molar-refractivity contribution in [2.75, 3.05) is 33.2 Å². The standard InChI is InChI=1S/C13H27N3/c1-11-9-15(3)7-8-16(11)10-13(2)6-4-5-12(13)14/h11-12H,4-10,14H2,1-3H3. The van der Waals surface area contributed by atoms with E-state index in [-0.39, 0.29) is 0 Å². The smallest absolute Gasteiger partial charge is 0.0195 e. The van der Waals surface area contributed by atoms with Crippen molar-refractivity contribution >= 4 is 0 Å². The van der Waals surface area contributed by atoms with Crippen LogP contribution in [-0.4, -0.2) is 55.1 Å². The quantitative estimate of drug-likeness (QED) is 0.765. The third-order valence-corrected chi connectivity index (χ3v) is 4.69. The maximum Gasteiger partial charge on any atom is 0.0195 e. The molecular weight excluding hydrogens is 198 g/mol. The van der Waals surface area contributed by atoms with Gasteiger partial charge < -0.3 is 10.6 Å². The van der Waals surface area contributed by atoms with Gasteiger partial charge in [-0.1, -0.05) is 13.3 Å². The lowest BCUT2D eigenvalue weighted by atomic mass is 9.84. The molecule has 94 valence electrons. The normalized spacial score (nSPS) is 42.8. The summed E-state index contributed by atoms with van der Waals surface area (Å²) in [6.07, 6.45) is 3.85. The molecule has 1 aliphatic carbocycles. The van der Waals surface area contributed by atoms with Crippen molar-refractivity contribution in [1.82, 2.24) is 9.80 Å². The highest BCUT2D eigenvalue weighted by atomic mass is 15.3. The largest absolute Gasteiger partial charge is 0.327 e. The van der Waals surface area contributed by atoms with E-state index >= 15 is 0 Å². The summed E-state index contributed by atoms with van der Waals surface area (Å²) in [5.74, 6) is 0. The Labute approximate surface area is 100.0 Å². The zero-order chi connectivity index (χ0) is 11.8.